The molecule has 0 atom stereocenters. The topological polar surface area (TPSA) is 20.7 Å². The number of hydrogen-bond donors (Lipinski definition) is 1. The number of hydrogen-bond acceptors (Lipinski definition) is 1. The van der Waals surface area contributed by atoms with Crippen molar-refractivity contribution in [1.82, 2.24) is 9.55 Å². The number of aromatic nitrogens is 2. The molecule has 0 amide bonds. The fourth-order valence-corrected chi connectivity index (χ4v) is 0.975. The molecule has 1 aromatic rings. The molecule has 1 aromatic heterocycles. The SMILES string of the molecule is CC(C)c1cn(C)c(=S)[nH]1. The molecule has 3 heteroatoms. The van der Waals surface area contributed by atoms with E-state index >= 15 is 0 Å². The maximum Gasteiger partial charge on any atom is 0.177 e. The highest BCUT2D eigenvalue weighted by Gasteiger charge is 2.00. The summed E-state index contributed by atoms with van der Waals surface area (Å²) in [6, 6.07) is 0. The number of aryl methyl sites for hydroxylation is 1. The molecule has 0 aromatic carbocycles. The average molecular weight is 156 g/mol. The molecule has 1 heterocycles. The van der Waals surface area contributed by atoms with Gasteiger partial charge in [0.1, 0.15) is 0 Å². The number of H-pyrrole nitrogens is 1. The van der Waals surface area contributed by atoms with Crippen molar-refractivity contribution in [3.63, 3.8) is 0 Å². The second-order valence-corrected chi connectivity index (χ2v) is 3.17. The summed E-state index contributed by atoms with van der Waals surface area (Å²) in [5, 5.41) is 0. The van der Waals surface area contributed by atoms with E-state index in [-0.39, 0.29) is 0 Å². The van der Waals surface area contributed by atoms with Gasteiger partial charge in [0, 0.05) is 18.9 Å². The van der Waals surface area contributed by atoms with Crippen LogP contribution in [0.5, 0.6) is 0 Å². The van der Waals surface area contributed by atoms with Gasteiger partial charge in [-0.2, -0.15) is 0 Å². The van der Waals surface area contributed by atoms with E-state index < -0.39 is 0 Å². The van der Waals surface area contributed by atoms with Crippen LogP contribution >= 0.6 is 12.2 Å². The van der Waals surface area contributed by atoms with E-state index in [1.165, 1.54) is 5.69 Å². The summed E-state index contributed by atoms with van der Waals surface area (Å²) in [5.74, 6) is 0.530. The van der Waals surface area contributed by atoms with Gasteiger partial charge in [-0.15, -0.1) is 0 Å². The van der Waals surface area contributed by atoms with E-state index in [0.717, 1.165) is 4.77 Å². The zero-order chi connectivity index (χ0) is 7.72. The summed E-state index contributed by atoms with van der Waals surface area (Å²) in [6.45, 7) is 4.28. The van der Waals surface area contributed by atoms with Crippen LogP contribution in [0.2, 0.25) is 0 Å². The number of rotatable bonds is 1. The molecule has 0 fully saturated rings. The van der Waals surface area contributed by atoms with Crippen molar-refractivity contribution in [2.45, 2.75) is 19.8 Å². The van der Waals surface area contributed by atoms with Crippen LogP contribution < -0.4 is 0 Å². The lowest BCUT2D eigenvalue weighted by Crippen LogP contribution is -1.85. The monoisotopic (exact) mass is 156 g/mol. The van der Waals surface area contributed by atoms with Gasteiger partial charge in [-0.05, 0) is 18.1 Å². The summed E-state index contributed by atoms with van der Waals surface area (Å²) in [6.07, 6.45) is 2.03. The lowest BCUT2D eigenvalue weighted by atomic mass is 10.2. The lowest BCUT2D eigenvalue weighted by Gasteiger charge is -1.96. The molecule has 0 aliphatic rings. The van der Waals surface area contributed by atoms with Gasteiger partial charge in [-0.25, -0.2) is 0 Å². The molecule has 0 radical (unpaired) electrons. The molecule has 2 nitrogen and oxygen atoms in total. The quantitative estimate of drug-likeness (QED) is 0.618. The molecular weight excluding hydrogens is 144 g/mol. The Bertz CT molecular complexity index is 269. The van der Waals surface area contributed by atoms with Crippen molar-refractivity contribution in [2.24, 2.45) is 7.05 Å². The minimum absolute atomic E-state index is 0.530. The summed E-state index contributed by atoms with van der Waals surface area (Å²) in [7, 11) is 1.95. The zero-order valence-electron chi connectivity index (χ0n) is 6.51. The highest BCUT2D eigenvalue weighted by atomic mass is 32.1. The highest BCUT2D eigenvalue weighted by molar-refractivity contribution is 7.71. The first-order chi connectivity index (χ1) is 4.61. The van der Waals surface area contributed by atoms with E-state index in [2.05, 4.69) is 18.8 Å². The molecular formula is C7H12N2S. The zero-order valence-corrected chi connectivity index (χ0v) is 7.33. The Morgan fingerprint density at radius 3 is 2.40 bits per heavy atom. The molecule has 0 saturated carbocycles. The molecule has 1 rings (SSSR count). The van der Waals surface area contributed by atoms with Gasteiger partial charge < -0.3 is 9.55 Å². The third-order valence-electron chi connectivity index (χ3n) is 1.53. The third-order valence-corrected chi connectivity index (χ3v) is 1.92. The van der Waals surface area contributed by atoms with Crippen molar-refractivity contribution in [3.05, 3.63) is 16.7 Å². The maximum absolute atomic E-state index is 5.00. The normalized spacial score (nSPS) is 10.8. The minimum Gasteiger partial charge on any atom is -0.334 e. The largest absolute Gasteiger partial charge is 0.334 e. The van der Waals surface area contributed by atoms with Crippen molar-refractivity contribution in [2.75, 3.05) is 0 Å². The first-order valence-corrected chi connectivity index (χ1v) is 3.77. The van der Waals surface area contributed by atoms with Gasteiger partial charge in [-0.1, -0.05) is 13.8 Å². The Morgan fingerprint density at radius 2 is 2.20 bits per heavy atom. The van der Waals surface area contributed by atoms with Crippen LogP contribution in [0.25, 0.3) is 0 Å². The van der Waals surface area contributed by atoms with Crippen LogP contribution in [0.15, 0.2) is 6.20 Å². The van der Waals surface area contributed by atoms with Crippen LogP contribution in [0, 0.1) is 4.77 Å². The van der Waals surface area contributed by atoms with Gasteiger partial charge in [0.15, 0.2) is 4.77 Å². The molecule has 0 saturated heterocycles. The Morgan fingerprint density at radius 1 is 1.60 bits per heavy atom. The first-order valence-electron chi connectivity index (χ1n) is 3.37. The predicted molar refractivity (Wildman–Crippen MR) is 44.7 cm³/mol. The minimum atomic E-state index is 0.530. The third kappa shape index (κ3) is 1.29. The van der Waals surface area contributed by atoms with Crippen molar-refractivity contribution < 1.29 is 0 Å². The summed E-state index contributed by atoms with van der Waals surface area (Å²) in [5.41, 5.74) is 1.20. The Hall–Kier alpha value is -0.570. The van der Waals surface area contributed by atoms with Crippen molar-refractivity contribution in [1.29, 1.82) is 0 Å². The van der Waals surface area contributed by atoms with Gasteiger partial charge in [-0.3, -0.25) is 0 Å². The number of aromatic amines is 1. The second kappa shape index (κ2) is 2.58. The standard InChI is InChI=1S/C7H12N2S/c1-5(2)6-4-9(3)7(10)8-6/h4-5H,1-3H3,(H,8,10). The van der Waals surface area contributed by atoms with Gasteiger partial charge in [0.25, 0.3) is 0 Å². The fraction of sp³-hybridized carbons (Fsp3) is 0.571. The van der Waals surface area contributed by atoms with Gasteiger partial charge >= 0.3 is 0 Å². The number of imidazole rings is 1. The average Bonchev–Trinajstić information content (AvgIpc) is 2.13. The summed E-state index contributed by atoms with van der Waals surface area (Å²) < 4.78 is 2.72. The Labute approximate surface area is 65.9 Å². The van der Waals surface area contributed by atoms with E-state index in [1.807, 2.05) is 17.8 Å². The van der Waals surface area contributed by atoms with E-state index in [9.17, 15) is 0 Å². The molecule has 0 aliphatic carbocycles. The highest BCUT2D eigenvalue weighted by Crippen LogP contribution is 2.10. The molecule has 0 aliphatic heterocycles. The van der Waals surface area contributed by atoms with E-state index in [4.69, 9.17) is 12.2 Å². The number of nitrogens with one attached hydrogen (secondary N) is 1. The fourth-order valence-electron chi connectivity index (χ4n) is 0.805. The van der Waals surface area contributed by atoms with Crippen LogP contribution in [0.4, 0.5) is 0 Å². The first kappa shape index (κ1) is 7.54. The van der Waals surface area contributed by atoms with Crippen LogP contribution in [0.3, 0.4) is 0 Å². The van der Waals surface area contributed by atoms with Crippen molar-refractivity contribution >= 4 is 12.2 Å². The molecule has 0 spiro atoms. The number of nitrogens with zero attached hydrogens (tertiary/aromatic N) is 1. The maximum atomic E-state index is 5.00. The van der Waals surface area contributed by atoms with Crippen LogP contribution in [-0.2, 0) is 7.05 Å². The molecule has 56 valence electrons. The Kier molecular flexibility index (Phi) is 1.94. The molecule has 0 bridgehead atoms. The molecule has 1 N–H and O–H groups in total. The van der Waals surface area contributed by atoms with E-state index in [0.29, 0.717) is 5.92 Å². The summed E-state index contributed by atoms with van der Waals surface area (Å²) >= 11 is 5.00. The van der Waals surface area contributed by atoms with Gasteiger partial charge in [0.05, 0.1) is 0 Å². The lowest BCUT2D eigenvalue weighted by molar-refractivity contribution is 0.829. The predicted octanol–water partition coefficient (Wildman–Crippen LogP) is 2.21. The summed E-state index contributed by atoms with van der Waals surface area (Å²) in [4.78, 5) is 3.12. The second-order valence-electron chi connectivity index (χ2n) is 2.78. The van der Waals surface area contributed by atoms with Crippen molar-refractivity contribution in [3.8, 4) is 0 Å². The van der Waals surface area contributed by atoms with Crippen LogP contribution in [-0.4, -0.2) is 9.55 Å². The smallest absolute Gasteiger partial charge is 0.177 e. The van der Waals surface area contributed by atoms with E-state index in [1.54, 1.807) is 0 Å². The molecule has 0 unspecified atom stereocenters. The Balaban J connectivity index is 3.10. The molecule has 10 heavy (non-hydrogen) atoms. The van der Waals surface area contributed by atoms with Gasteiger partial charge in [0.2, 0.25) is 0 Å². The van der Waals surface area contributed by atoms with Crippen LogP contribution in [0.1, 0.15) is 25.5 Å².